The fourth-order valence-corrected chi connectivity index (χ4v) is 2.93. The number of morpholine rings is 1. The molecule has 0 saturated carbocycles. The molecule has 2 atom stereocenters. The third kappa shape index (κ3) is 3.31. The van der Waals surface area contributed by atoms with E-state index in [1.54, 1.807) is 0 Å². The maximum Gasteiger partial charge on any atom is 0.231 e. The summed E-state index contributed by atoms with van der Waals surface area (Å²) in [6.07, 6.45) is 0. The number of nitrogens with one attached hydrogen (secondary N) is 1. The number of fused-ring (bicyclic) bond motifs is 1. The molecule has 5 heteroatoms. The van der Waals surface area contributed by atoms with E-state index in [1.165, 1.54) is 5.56 Å². The van der Waals surface area contributed by atoms with E-state index in [4.69, 9.17) is 14.2 Å². The molecule has 0 aromatic heterocycles. The van der Waals surface area contributed by atoms with Gasteiger partial charge in [-0.1, -0.05) is 13.0 Å². The molecule has 116 valence electrons. The molecule has 2 aliphatic heterocycles. The number of likely N-dealkylation sites (N-methyl/N-ethyl adjacent to an activating group) is 1. The lowest BCUT2D eigenvalue weighted by atomic mass is 10.0. The van der Waals surface area contributed by atoms with Gasteiger partial charge in [-0.25, -0.2) is 0 Å². The van der Waals surface area contributed by atoms with Gasteiger partial charge in [0, 0.05) is 25.2 Å². The fourth-order valence-electron chi connectivity index (χ4n) is 2.93. The lowest BCUT2D eigenvalue weighted by molar-refractivity contribution is -0.00442. The quantitative estimate of drug-likeness (QED) is 0.896. The van der Waals surface area contributed by atoms with E-state index in [0.29, 0.717) is 18.9 Å². The van der Waals surface area contributed by atoms with E-state index in [1.807, 2.05) is 6.07 Å². The number of nitrogens with zero attached hydrogens (tertiary/aromatic N) is 1. The Morgan fingerprint density at radius 1 is 1.33 bits per heavy atom. The molecule has 0 radical (unpaired) electrons. The Hall–Kier alpha value is -1.30. The van der Waals surface area contributed by atoms with Gasteiger partial charge in [-0.15, -0.1) is 0 Å². The van der Waals surface area contributed by atoms with Gasteiger partial charge < -0.3 is 19.5 Å². The zero-order valence-electron chi connectivity index (χ0n) is 12.8. The summed E-state index contributed by atoms with van der Waals surface area (Å²) in [5, 5.41) is 3.58. The van der Waals surface area contributed by atoms with Crippen molar-refractivity contribution in [1.82, 2.24) is 10.2 Å². The molecule has 1 aromatic carbocycles. The Balaban J connectivity index is 1.74. The zero-order valence-corrected chi connectivity index (χ0v) is 12.8. The summed E-state index contributed by atoms with van der Waals surface area (Å²) in [5.41, 5.74) is 1.25. The average molecular weight is 292 g/mol. The molecule has 1 aromatic rings. The van der Waals surface area contributed by atoms with Crippen molar-refractivity contribution in [3.8, 4) is 11.5 Å². The van der Waals surface area contributed by atoms with Gasteiger partial charge in [-0.2, -0.15) is 0 Å². The molecule has 0 amide bonds. The lowest BCUT2D eigenvalue weighted by Crippen LogP contribution is -2.47. The van der Waals surface area contributed by atoms with Crippen molar-refractivity contribution >= 4 is 0 Å². The Morgan fingerprint density at radius 3 is 3.00 bits per heavy atom. The first-order chi connectivity index (χ1) is 10.3. The molecule has 0 bridgehead atoms. The van der Waals surface area contributed by atoms with Crippen LogP contribution in [0.15, 0.2) is 18.2 Å². The highest BCUT2D eigenvalue weighted by atomic mass is 16.7. The Morgan fingerprint density at radius 2 is 2.19 bits per heavy atom. The van der Waals surface area contributed by atoms with Crippen LogP contribution in [0.2, 0.25) is 0 Å². The molecule has 2 heterocycles. The number of rotatable bonds is 5. The van der Waals surface area contributed by atoms with Crippen molar-refractivity contribution in [2.75, 3.05) is 39.6 Å². The summed E-state index contributed by atoms with van der Waals surface area (Å²) < 4.78 is 16.4. The van der Waals surface area contributed by atoms with Gasteiger partial charge in [-0.3, -0.25) is 4.90 Å². The minimum atomic E-state index is 0.296. The zero-order chi connectivity index (χ0) is 14.7. The highest BCUT2D eigenvalue weighted by Gasteiger charge is 2.24. The van der Waals surface area contributed by atoms with Crippen molar-refractivity contribution in [1.29, 1.82) is 0 Å². The number of hydrogen-bond donors (Lipinski definition) is 1. The monoisotopic (exact) mass is 292 g/mol. The average Bonchev–Trinajstić information content (AvgIpc) is 2.96. The Bertz CT molecular complexity index is 481. The third-order valence-electron chi connectivity index (χ3n) is 4.17. The molecule has 21 heavy (non-hydrogen) atoms. The molecular formula is C16H24N2O3. The van der Waals surface area contributed by atoms with E-state index < -0.39 is 0 Å². The van der Waals surface area contributed by atoms with Crippen LogP contribution < -0.4 is 14.8 Å². The molecule has 2 unspecified atom stereocenters. The van der Waals surface area contributed by atoms with Gasteiger partial charge in [0.1, 0.15) is 0 Å². The van der Waals surface area contributed by atoms with Crippen LogP contribution in [-0.4, -0.2) is 50.6 Å². The van der Waals surface area contributed by atoms with E-state index >= 15 is 0 Å². The SMILES string of the molecule is CCNC(CN1CCOCC1C)c1ccc2c(c1)OCO2. The van der Waals surface area contributed by atoms with Crippen LogP contribution in [0.25, 0.3) is 0 Å². The first kappa shape index (κ1) is 14.6. The van der Waals surface area contributed by atoms with Crippen molar-refractivity contribution in [3.05, 3.63) is 23.8 Å². The van der Waals surface area contributed by atoms with Crippen LogP contribution in [0.3, 0.4) is 0 Å². The Kier molecular flexibility index (Phi) is 4.63. The van der Waals surface area contributed by atoms with E-state index in [0.717, 1.165) is 44.3 Å². The molecule has 0 spiro atoms. The highest BCUT2D eigenvalue weighted by molar-refractivity contribution is 5.45. The number of hydrogen-bond acceptors (Lipinski definition) is 5. The summed E-state index contributed by atoms with van der Waals surface area (Å²) in [4.78, 5) is 2.49. The molecule has 1 N–H and O–H groups in total. The molecular weight excluding hydrogens is 268 g/mol. The van der Waals surface area contributed by atoms with E-state index in [9.17, 15) is 0 Å². The highest BCUT2D eigenvalue weighted by Crippen LogP contribution is 2.34. The van der Waals surface area contributed by atoms with Crippen molar-refractivity contribution in [3.63, 3.8) is 0 Å². The van der Waals surface area contributed by atoms with Crippen LogP contribution in [0.5, 0.6) is 11.5 Å². The van der Waals surface area contributed by atoms with Gasteiger partial charge in [-0.05, 0) is 31.2 Å². The first-order valence-electron chi connectivity index (χ1n) is 7.72. The van der Waals surface area contributed by atoms with Crippen molar-refractivity contribution in [2.45, 2.75) is 25.9 Å². The van der Waals surface area contributed by atoms with E-state index in [-0.39, 0.29) is 0 Å². The molecule has 0 aliphatic carbocycles. The minimum absolute atomic E-state index is 0.296. The molecule has 2 aliphatic rings. The van der Waals surface area contributed by atoms with Gasteiger partial charge >= 0.3 is 0 Å². The first-order valence-corrected chi connectivity index (χ1v) is 7.72. The topological polar surface area (TPSA) is 43.0 Å². The number of ether oxygens (including phenoxy) is 3. The second-order valence-electron chi connectivity index (χ2n) is 5.64. The molecule has 5 nitrogen and oxygen atoms in total. The second-order valence-corrected chi connectivity index (χ2v) is 5.64. The van der Waals surface area contributed by atoms with Gasteiger partial charge in [0.25, 0.3) is 0 Å². The maximum absolute atomic E-state index is 5.52. The second kappa shape index (κ2) is 6.64. The van der Waals surface area contributed by atoms with Crippen LogP contribution >= 0.6 is 0 Å². The standard InChI is InChI=1S/C16H24N2O3/c1-3-17-14(9-18-6-7-19-10-12(18)2)13-4-5-15-16(8-13)21-11-20-15/h4-5,8,12,14,17H,3,6-7,9-11H2,1-2H3. The summed E-state index contributed by atoms with van der Waals surface area (Å²) in [6, 6.07) is 7.00. The van der Waals surface area contributed by atoms with Crippen molar-refractivity contribution in [2.24, 2.45) is 0 Å². The molecule has 1 saturated heterocycles. The summed E-state index contributed by atoms with van der Waals surface area (Å²) in [6.45, 7) is 9.25. The van der Waals surface area contributed by atoms with Gasteiger partial charge in [0.2, 0.25) is 6.79 Å². The van der Waals surface area contributed by atoms with E-state index in [2.05, 4.69) is 36.2 Å². The summed E-state index contributed by atoms with van der Waals surface area (Å²) >= 11 is 0. The van der Waals surface area contributed by atoms with Crippen LogP contribution in [-0.2, 0) is 4.74 Å². The van der Waals surface area contributed by atoms with Crippen LogP contribution in [0.4, 0.5) is 0 Å². The maximum atomic E-state index is 5.52. The number of benzene rings is 1. The molecule has 1 fully saturated rings. The van der Waals surface area contributed by atoms with Crippen molar-refractivity contribution < 1.29 is 14.2 Å². The normalized spacial score (nSPS) is 23.2. The summed E-state index contributed by atoms with van der Waals surface area (Å²) in [7, 11) is 0. The van der Waals surface area contributed by atoms with Crippen LogP contribution in [0.1, 0.15) is 25.5 Å². The smallest absolute Gasteiger partial charge is 0.231 e. The largest absolute Gasteiger partial charge is 0.454 e. The summed E-state index contributed by atoms with van der Waals surface area (Å²) in [5.74, 6) is 1.69. The van der Waals surface area contributed by atoms with Gasteiger partial charge in [0.15, 0.2) is 11.5 Å². The Labute approximate surface area is 126 Å². The fraction of sp³-hybridized carbons (Fsp3) is 0.625. The predicted molar refractivity (Wildman–Crippen MR) is 80.8 cm³/mol. The van der Waals surface area contributed by atoms with Gasteiger partial charge in [0.05, 0.1) is 13.2 Å². The molecule has 3 rings (SSSR count). The lowest BCUT2D eigenvalue weighted by Gasteiger charge is -2.36. The third-order valence-corrected chi connectivity index (χ3v) is 4.17. The minimum Gasteiger partial charge on any atom is -0.454 e. The predicted octanol–water partition coefficient (Wildman–Crippen LogP) is 1.79. The van der Waals surface area contributed by atoms with Crippen LogP contribution in [0, 0.1) is 0 Å².